The van der Waals surface area contributed by atoms with Crippen molar-refractivity contribution in [2.24, 2.45) is 5.73 Å². The predicted molar refractivity (Wildman–Crippen MR) is 87.3 cm³/mol. The number of nitrogens with one attached hydrogen (secondary N) is 1. The fourth-order valence-electron chi connectivity index (χ4n) is 1.78. The summed E-state index contributed by atoms with van der Waals surface area (Å²) in [5, 5.41) is 2.77. The molecule has 5 heteroatoms. The Morgan fingerprint density at radius 1 is 1.29 bits per heavy atom. The van der Waals surface area contributed by atoms with Crippen LogP contribution in [-0.2, 0) is 4.79 Å². The fraction of sp³-hybridized carbons (Fsp3) is 0.188. The lowest BCUT2D eigenvalue weighted by Gasteiger charge is -2.09. The summed E-state index contributed by atoms with van der Waals surface area (Å²) in [6, 6.07) is 14.8. The first kappa shape index (κ1) is 15.5. The molecular formula is C16H17BrN2O2. The maximum absolute atomic E-state index is 11.8. The van der Waals surface area contributed by atoms with Crippen molar-refractivity contribution in [2.75, 3.05) is 11.9 Å². The van der Waals surface area contributed by atoms with Gasteiger partial charge in [-0.3, -0.25) is 4.79 Å². The van der Waals surface area contributed by atoms with Crippen LogP contribution in [0, 0.1) is 0 Å². The van der Waals surface area contributed by atoms with Crippen molar-refractivity contribution in [2.45, 2.75) is 13.0 Å². The molecule has 110 valence electrons. The molecule has 0 spiro atoms. The largest absolute Gasteiger partial charge is 0.484 e. The van der Waals surface area contributed by atoms with Gasteiger partial charge in [0.05, 0.1) is 0 Å². The number of ether oxygens (including phenoxy) is 1. The van der Waals surface area contributed by atoms with Crippen LogP contribution >= 0.6 is 15.9 Å². The molecule has 0 unspecified atom stereocenters. The second-order valence-corrected chi connectivity index (χ2v) is 5.62. The summed E-state index contributed by atoms with van der Waals surface area (Å²) in [5.74, 6) is 0.438. The van der Waals surface area contributed by atoms with E-state index in [4.69, 9.17) is 10.5 Å². The van der Waals surface area contributed by atoms with Gasteiger partial charge in [-0.1, -0.05) is 34.1 Å². The van der Waals surface area contributed by atoms with Crippen LogP contribution in [0.5, 0.6) is 5.75 Å². The van der Waals surface area contributed by atoms with Crippen LogP contribution in [0.2, 0.25) is 0 Å². The lowest BCUT2D eigenvalue weighted by molar-refractivity contribution is -0.118. The number of nitrogens with two attached hydrogens (primary N) is 1. The number of amides is 1. The van der Waals surface area contributed by atoms with E-state index in [1.165, 1.54) is 0 Å². The van der Waals surface area contributed by atoms with Gasteiger partial charge in [0.1, 0.15) is 5.75 Å². The minimum Gasteiger partial charge on any atom is -0.484 e. The first-order chi connectivity index (χ1) is 10.0. The normalized spacial score (nSPS) is 11.8. The van der Waals surface area contributed by atoms with E-state index < -0.39 is 0 Å². The molecular weight excluding hydrogens is 332 g/mol. The summed E-state index contributed by atoms with van der Waals surface area (Å²) in [7, 11) is 0. The zero-order chi connectivity index (χ0) is 15.2. The third kappa shape index (κ3) is 4.88. The zero-order valence-corrected chi connectivity index (χ0v) is 13.3. The van der Waals surface area contributed by atoms with Crippen LogP contribution in [0.25, 0.3) is 0 Å². The summed E-state index contributed by atoms with van der Waals surface area (Å²) in [4.78, 5) is 11.8. The Morgan fingerprint density at radius 2 is 2.00 bits per heavy atom. The molecule has 0 radical (unpaired) electrons. The second kappa shape index (κ2) is 7.24. The highest BCUT2D eigenvalue weighted by Crippen LogP contribution is 2.17. The Balaban J connectivity index is 1.86. The summed E-state index contributed by atoms with van der Waals surface area (Å²) in [5.41, 5.74) is 7.53. The molecule has 0 saturated heterocycles. The third-order valence-electron chi connectivity index (χ3n) is 2.88. The van der Waals surface area contributed by atoms with Gasteiger partial charge in [-0.2, -0.15) is 0 Å². The number of carbonyl (C=O) groups excluding carboxylic acids is 1. The second-order valence-electron chi connectivity index (χ2n) is 4.70. The van der Waals surface area contributed by atoms with Crippen molar-refractivity contribution in [1.29, 1.82) is 0 Å². The molecule has 0 fully saturated rings. The van der Waals surface area contributed by atoms with E-state index in [0.29, 0.717) is 5.75 Å². The number of hydrogen-bond acceptors (Lipinski definition) is 3. The number of rotatable bonds is 5. The molecule has 0 heterocycles. The summed E-state index contributed by atoms with van der Waals surface area (Å²) >= 11 is 3.35. The van der Waals surface area contributed by atoms with E-state index in [1.807, 2.05) is 55.5 Å². The molecule has 0 aliphatic carbocycles. The van der Waals surface area contributed by atoms with Gasteiger partial charge < -0.3 is 15.8 Å². The Labute approximate surface area is 132 Å². The highest BCUT2D eigenvalue weighted by atomic mass is 79.9. The molecule has 3 N–H and O–H groups in total. The average molecular weight is 349 g/mol. The maximum atomic E-state index is 11.8. The van der Waals surface area contributed by atoms with Crippen LogP contribution in [-0.4, -0.2) is 12.5 Å². The van der Waals surface area contributed by atoms with E-state index in [-0.39, 0.29) is 18.6 Å². The molecule has 0 aromatic heterocycles. The molecule has 0 saturated carbocycles. The van der Waals surface area contributed by atoms with Crippen molar-refractivity contribution >= 4 is 27.5 Å². The number of halogens is 1. The Bertz CT molecular complexity index is 612. The number of hydrogen-bond donors (Lipinski definition) is 2. The van der Waals surface area contributed by atoms with Crippen molar-refractivity contribution in [3.8, 4) is 5.75 Å². The van der Waals surface area contributed by atoms with E-state index in [0.717, 1.165) is 15.7 Å². The van der Waals surface area contributed by atoms with Crippen molar-refractivity contribution in [1.82, 2.24) is 0 Å². The maximum Gasteiger partial charge on any atom is 0.262 e. The Kier molecular flexibility index (Phi) is 5.36. The molecule has 0 aliphatic heterocycles. The van der Waals surface area contributed by atoms with Crippen LogP contribution in [0.15, 0.2) is 53.0 Å². The van der Waals surface area contributed by atoms with Crippen LogP contribution in [0.1, 0.15) is 18.5 Å². The highest BCUT2D eigenvalue weighted by molar-refractivity contribution is 9.10. The van der Waals surface area contributed by atoms with Gasteiger partial charge in [0.2, 0.25) is 0 Å². The molecule has 1 amide bonds. The van der Waals surface area contributed by atoms with Crippen molar-refractivity contribution in [3.05, 3.63) is 58.6 Å². The van der Waals surface area contributed by atoms with E-state index in [1.54, 1.807) is 0 Å². The van der Waals surface area contributed by atoms with Crippen LogP contribution in [0.4, 0.5) is 5.69 Å². The lowest BCUT2D eigenvalue weighted by atomic mass is 10.1. The van der Waals surface area contributed by atoms with E-state index >= 15 is 0 Å². The molecule has 1 atom stereocenters. The van der Waals surface area contributed by atoms with Crippen LogP contribution < -0.4 is 15.8 Å². The summed E-state index contributed by atoms with van der Waals surface area (Å²) < 4.78 is 6.35. The first-order valence-electron chi connectivity index (χ1n) is 6.58. The van der Waals surface area contributed by atoms with Crippen molar-refractivity contribution in [3.63, 3.8) is 0 Å². The van der Waals surface area contributed by atoms with Gasteiger partial charge in [-0.05, 0) is 42.8 Å². The molecule has 2 aromatic carbocycles. The van der Waals surface area contributed by atoms with E-state index in [2.05, 4.69) is 21.2 Å². The molecule has 2 aromatic rings. The minimum absolute atomic E-state index is 0.0149. The molecule has 0 aliphatic rings. The van der Waals surface area contributed by atoms with Gasteiger partial charge >= 0.3 is 0 Å². The minimum atomic E-state index is -0.204. The highest BCUT2D eigenvalue weighted by Gasteiger charge is 2.05. The Hall–Kier alpha value is -1.85. The standard InChI is InChI=1S/C16H17BrN2O2/c1-11(18)12-5-7-15(8-6-12)21-10-16(20)19-14-4-2-3-13(17)9-14/h2-9,11H,10,18H2,1H3,(H,19,20)/t11-/m1/s1. The van der Waals surface area contributed by atoms with Gasteiger partial charge in [-0.25, -0.2) is 0 Å². The Morgan fingerprint density at radius 3 is 2.62 bits per heavy atom. The lowest BCUT2D eigenvalue weighted by Crippen LogP contribution is -2.20. The predicted octanol–water partition coefficient (Wildman–Crippen LogP) is 3.49. The smallest absolute Gasteiger partial charge is 0.262 e. The fourth-order valence-corrected chi connectivity index (χ4v) is 2.18. The number of benzene rings is 2. The topological polar surface area (TPSA) is 64.3 Å². The monoisotopic (exact) mass is 348 g/mol. The average Bonchev–Trinajstić information content (AvgIpc) is 2.45. The van der Waals surface area contributed by atoms with Gasteiger partial charge in [0.25, 0.3) is 5.91 Å². The molecule has 21 heavy (non-hydrogen) atoms. The summed E-state index contributed by atoms with van der Waals surface area (Å²) in [6.07, 6.45) is 0. The third-order valence-corrected chi connectivity index (χ3v) is 3.38. The van der Waals surface area contributed by atoms with Gasteiger partial charge in [0, 0.05) is 16.2 Å². The number of anilines is 1. The first-order valence-corrected chi connectivity index (χ1v) is 7.37. The van der Waals surface area contributed by atoms with Crippen LogP contribution in [0.3, 0.4) is 0 Å². The quantitative estimate of drug-likeness (QED) is 0.869. The van der Waals surface area contributed by atoms with Gasteiger partial charge in [0.15, 0.2) is 6.61 Å². The van der Waals surface area contributed by atoms with Gasteiger partial charge in [-0.15, -0.1) is 0 Å². The van der Waals surface area contributed by atoms with E-state index in [9.17, 15) is 4.79 Å². The summed E-state index contributed by atoms with van der Waals surface area (Å²) in [6.45, 7) is 1.88. The molecule has 0 bridgehead atoms. The SMILES string of the molecule is C[C@@H](N)c1ccc(OCC(=O)Nc2cccc(Br)c2)cc1. The molecule has 4 nitrogen and oxygen atoms in total. The number of carbonyl (C=O) groups is 1. The molecule has 2 rings (SSSR count). The zero-order valence-electron chi connectivity index (χ0n) is 11.7. The van der Waals surface area contributed by atoms with Crippen molar-refractivity contribution < 1.29 is 9.53 Å².